The molecule has 4 heteroatoms. The average molecular weight is 287 g/mol. The van der Waals surface area contributed by atoms with Gasteiger partial charge in [-0.1, -0.05) is 39.5 Å². The molecular formula is C16H33NO3. The highest BCUT2D eigenvalue weighted by molar-refractivity contribution is 5.80. The zero-order valence-electron chi connectivity index (χ0n) is 13.8. The van der Waals surface area contributed by atoms with Crippen molar-refractivity contribution in [1.29, 1.82) is 0 Å². The fourth-order valence-corrected chi connectivity index (χ4v) is 1.96. The molecule has 0 aliphatic heterocycles. The minimum atomic E-state index is -0.727. The fraction of sp³-hybridized carbons (Fsp3) is 0.938. The van der Waals surface area contributed by atoms with E-state index in [-0.39, 0.29) is 5.97 Å². The van der Waals surface area contributed by atoms with Gasteiger partial charge in [0.2, 0.25) is 0 Å². The highest BCUT2D eigenvalue weighted by Gasteiger charge is 2.34. The molecule has 0 heterocycles. The summed E-state index contributed by atoms with van der Waals surface area (Å²) in [5.74, 6) is -0.223. The Kier molecular flexibility index (Phi) is 11.8. The van der Waals surface area contributed by atoms with E-state index in [1.165, 1.54) is 25.7 Å². The first-order valence-electron chi connectivity index (χ1n) is 8.10. The van der Waals surface area contributed by atoms with Gasteiger partial charge < -0.3 is 14.8 Å². The van der Waals surface area contributed by atoms with Crippen LogP contribution >= 0.6 is 0 Å². The van der Waals surface area contributed by atoms with Crippen LogP contribution in [0.5, 0.6) is 0 Å². The number of carbonyl (C=O) groups excluding carboxylic acids is 1. The molecule has 1 unspecified atom stereocenters. The Bertz CT molecular complexity index is 246. The molecule has 120 valence electrons. The molecule has 0 spiro atoms. The van der Waals surface area contributed by atoms with Crippen LogP contribution in [-0.4, -0.2) is 37.9 Å². The van der Waals surface area contributed by atoms with Crippen molar-refractivity contribution in [2.75, 3.05) is 26.4 Å². The number of nitrogens with one attached hydrogen (secondary N) is 1. The Labute approximate surface area is 124 Å². The third kappa shape index (κ3) is 8.54. The van der Waals surface area contributed by atoms with Crippen LogP contribution in [-0.2, 0) is 14.3 Å². The minimum absolute atomic E-state index is 0.223. The minimum Gasteiger partial charge on any atom is -0.465 e. The van der Waals surface area contributed by atoms with E-state index in [9.17, 15) is 4.79 Å². The van der Waals surface area contributed by atoms with Crippen molar-refractivity contribution in [1.82, 2.24) is 5.32 Å². The average Bonchev–Trinajstić information content (AvgIpc) is 2.44. The van der Waals surface area contributed by atoms with Crippen molar-refractivity contribution in [2.24, 2.45) is 0 Å². The molecule has 4 nitrogen and oxygen atoms in total. The van der Waals surface area contributed by atoms with Gasteiger partial charge in [-0.15, -0.1) is 0 Å². The van der Waals surface area contributed by atoms with E-state index in [0.717, 1.165) is 19.4 Å². The summed E-state index contributed by atoms with van der Waals surface area (Å²) in [6.07, 6.45) is 7.05. The first-order valence-corrected chi connectivity index (χ1v) is 8.10. The van der Waals surface area contributed by atoms with Crippen LogP contribution in [0.15, 0.2) is 0 Å². The zero-order valence-corrected chi connectivity index (χ0v) is 13.8. The van der Waals surface area contributed by atoms with Gasteiger partial charge in [0.25, 0.3) is 0 Å². The molecule has 20 heavy (non-hydrogen) atoms. The predicted molar refractivity (Wildman–Crippen MR) is 82.9 cm³/mol. The lowest BCUT2D eigenvalue weighted by atomic mass is 10.0. The highest BCUT2D eigenvalue weighted by Crippen LogP contribution is 2.09. The Morgan fingerprint density at radius 2 is 1.75 bits per heavy atom. The van der Waals surface area contributed by atoms with Gasteiger partial charge in [0.1, 0.15) is 5.54 Å². The molecule has 0 aliphatic rings. The monoisotopic (exact) mass is 287 g/mol. The largest absolute Gasteiger partial charge is 0.465 e. The zero-order chi connectivity index (χ0) is 15.3. The van der Waals surface area contributed by atoms with Crippen LogP contribution in [0.1, 0.15) is 66.2 Å². The maximum Gasteiger partial charge on any atom is 0.328 e. The molecule has 0 aromatic rings. The SMILES string of the molecule is CCCCCCCOCC(C)(NCCC)C(=O)OCC. The molecule has 0 aromatic carbocycles. The van der Waals surface area contributed by atoms with Crippen LogP contribution in [0.2, 0.25) is 0 Å². The second-order valence-corrected chi connectivity index (χ2v) is 5.45. The molecule has 1 N–H and O–H groups in total. The van der Waals surface area contributed by atoms with Crippen LogP contribution in [0.4, 0.5) is 0 Å². The number of rotatable bonds is 13. The van der Waals surface area contributed by atoms with E-state index in [0.29, 0.717) is 19.8 Å². The predicted octanol–water partition coefficient (Wildman–Crippen LogP) is 3.29. The van der Waals surface area contributed by atoms with E-state index >= 15 is 0 Å². The Morgan fingerprint density at radius 3 is 2.35 bits per heavy atom. The molecule has 0 amide bonds. The molecule has 0 rings (SSSR count). The van der Waals surface area contributed by atoms with Crippen LogP contribution < -0.4 is 5.32 Å². The van der Waals surface area contributed by atoms with Crippen molar-refractivity contribution >= 4 is 5.97 Å². The molecular weight excluding hydrogens is 254 g/mol. The summed E-state index contributed by atoms with van der Waals surface area (Å²) in [6, 6.07) is 0. The maximum atomic E-state index is 12.0. The highest BCUT2D eigenvalue weighted by atomic mass is 16.5. The van der Waals surface area contributed by atoms with Crippen molar-refractivity contribution in [3.05, 3.63) is 0 Å². The lowest BCUT2D eigenvalue weighted by Gasteiger charge is -2.28. The number of unbranched alkanes of at least 4 members (excludes halogenated alkanes) is 4. The summed E-state index contributed by atoms with van der Waals surface area (Å²) in [5, 5.41) is 3.24. The van der Waals surface area contributed by atoms with Crippen molar-refractivity contribution < 1.29 is 14.3 Å². The van der Waals surface area contributed by atoms with Crippen LogP contribution in [0.3, 0.4) is 0 Å². The van der Waals surface area contributed by atoms with E-state index in [2.05, 4.69) is 19.2 Å². The topological polar surface area (TPSA) is 47.6 Å². The van der Waals surface area contributed by atoms with E-state index in [1.54, 1.807) is 0 Å². The fourth-order valence-electron chi connectivity index (χ4n) is 1.96. The van der Waals surface area contributed by atoms with E-state index in [4.69, 9.17) is 9.47 Å². The first-order chi connectivity index (χ1) is 9.60. The number of esters is 1. The second-order valence-electron chi connectivity index (χ2n) is 5.45. The summed E-state index contributed by atoms with van der Waals surface area (Å²) in [6.45, 7) is 10.2. The second kappa shape index (κ2) is 12.2. The summed E-state index contributed by atoms with van der Waals surface area (Å²) >= 11 is 0. The summed E-state index contributed by atoms with van der Waals surface area (Å²) in [7, 11) is 0. The molecule has 0 radical (unpaired) electrons. The molecule has 0 fully saturated rings. The van der Waals surface area contributed by atoms with Crippen LogP contribution in [0, 0.1) is 0 Å². The molecule has 0 aromatic heterocycles. The summed E-state index contributed by atoms with van der Waals surface area (Å²) in [5.41, 5.74) is -0.727. The smallest absolute Gasteiger partial charge is 0.328 e. The van der Waals surface area contributed by atoms with Gasteiger partial charge in [0, 0.05) is 6.61 Å². The molecule has 0 bridgehead atoms. The van der Waals surface area contributed by atoms with Gasteiger partial charge in [-0.05, 0) is 33.2 Å². The number of hydrogen-bond acceptors (Lipinski definition) is 4. The normalized spacial score (nSPS) is 14.0. The van der Waals surface area contributed by atoms with Gasteiger partial charge >= 0.3 is 5.97 Å². The maximum absolute atomic E-state index is 12.0. The van der Waals surface area contributed by atoms with Gasteiger partial charge in [-0.2, -0.15) is 0 Å². The third-order valence-corrected chi connectivity index (χ3v) is 3.27. The standard InChI is InChI=1S/C16H33NO3/c1-5-8-9-10-11-13-19-14-16(4,17-12-6-2)15(18)20-7-3/h17H,5-14H2,1-4H3. The number of ether oxygens (including phenoxy) is 2. The number of carbonyl (C=O) groups is 1. The molecule has 0 aliphatic carbocycles. The molecule has 0 saturated carbocycles. The van der Waals surface area contributed by atoms with Gasteiger partial charge in [0.15, 0.2) is 0 Å². The molecule has 0 saturated heterocycles. The van der Waals surface area contributed by atoms with E-state index < -0.39 is 5.54 Å². The quantitative estimate of drug-likeness (QED) is 0.417. The molecule has 1 atom stereocenters. The van der Waals surface area contributed by atoms with Gasteiger partial charge in [-0.25, -0.2) is 4.79 Å². The Balaban J connectivity index is 4.00. The van der Waals surface area contributed by atoms with Gasteiger partial charge in [-0.3, -0.25) is 0 Å². The van der Waals surface area contributed by atoms with Crippen molar-refractivity contribution in [2.45, 2.75) is 71.8 Å². The Hall–Kier alpha value is -0.610. The van der Waals surface area contributed by atoms with E-state index in [1.807, 2.05) is 13.8 Å². The lowest BCUT2D eigenvalue weighted by Crippen LogP contribution is -2.54. The number of hydrogen-bond donors (Lipinski definition) is 1. The van der Waals surface area contributed by atoms with Crippen molar-refractivity contribution in [3.63, 3.8) is 0 Å². The lowest BCUT2D eigenvalue weighted by molar-refractivity contribution is -0.153. The summed E-state index contributed by atoms with van der Waals surface area (Å²) in [4.78, 5) is 12.0. The first kappa shape index (κ1) is 19.4. The van der Waals surface area contributed by atoms with Gasteiger partial charge in [0.05, 0.1) is 13.2 Å². The van der Waals surface area contributed by atoms with Crippen LogP contribution in [0.25, 0.3) is 0 Å². The summed E-state index contributed by atoms with van der Waals surface area (Å²) < 4.78 is 10.8. The Morgan fingerprint density at radius 1 is 1.05 bits per heavy atom. The van der Waals surface area contributed by atoms with Crippen molar-refractivity contribution in [3.8, 4) is 0 Å². The third-order valence-electron chi connectivity index (χ3n) is 3.27.